The molecule has 0 bridgehead atoms. The first kappa shape index (κ1) is 15.9. The number of hydrogen-bond acceptors (Lipinski definition) is 3. The minimum atomic E-state index is -0.443. The lowest BCUT2D eigenvalue weighted by Gasteiger charge is -2.34. The van der Waals surface area contributed by atoms with E-state index in [4.69, 9.17) is 12.2 Å². The summed E-state index contributed by atoms with van der Waals surface area (Å²) in [4.78, 5) is 12.8. The van der Waals surface area contributed by atoms with Crippen molar-refractivity contribution in [2.75, 3.05) is 6.54 Å². The monoisotopic (exact) mass is 330 g/mol. The van der Waals surface area contributed by atoms with Crippen molar-refractivity contribution in [2.45, 2.75) is 45.1 Å². The molecular formula is C17H22N4OS. The summed E-state index contributed by atoms with van der Waals surface area (Å²) >= 11 is 5.18. The van der Waals surface area contributed by atoms with Crippen LogP contribution in [0.3, 0.4) is 0 Å². The van der Waals surface area contributed by atoms with Crippen LogP contribution in [0.25, 0.3) is 0 Å². The van der Waals surface area contributed by atoms with Gasteiger partial charge in [0, 0.05) is 13.1 Å². The molecule has 0 spiro atoms. The highest BCUT2D eigenvalue weighted by molar-refractivity contribution is 7.71. The molecule has 122 valence electrons. The Balaban J connectivity index is 1.70. The zero-order chi connectivity index (χ0) is 16.4. The van der Waals surface area contributed by atoms with Crippen molar-refractivity contribution in [1.82, 2.24) is 20.1 Å². The van der Waals surface area contributed by atoms with Gasteiger partial charge in [-0.3, -0.25) is 9.89 Å². The van der Waals surface area contributed by atoms with Gasteiger partial charge >= 0.3 is 0 Å². The van der Waals surface area contributed by atoms with E-state index < -0.39 is 5.41 Å². The van der Waals surface area contributed by atoms with Crippen LogP contribution in [-0.4, -0.2) is 27.2 Å². The second kappa shape index (κ2) is 6.28. The van der Waals surface area contributed by atoms with Crippen LogP contribution in [0.4, 0.5) is 0 Å². The first-order chi connectivity index (χ1) is 11.0. The lowest BCUT2D eigenvalue weighted by atomic mass is 9.70. The number of hydrogen-bond donors (Lipinski definition) is 2. The van der Waals surface area contributed by atoms with Gasteiger partial charge in [0.15, 0.2) is 4.77 Å². The number of nitrogens with zero attached hydrogens (tertiary/aromatic N) is 2. The van der Waals surface area contributed by atoms with Gasteiger partial charge in [-0.15, -0.1) is 0 Å². The number of amides is 1. The van der Waals surface area contributed by atoms with Crippen LogP contribution in [0.2, 0.25) is 0 Å². The minimum Gasteiger partial charge on any atom is -0.354 e. The molecule has 1 heterocycles. The number of H-pyrrole nitrogens is 1. The molecule has 1 aliphatic rings. The zero-order valence-corrected chi connectivity index (χ0v) is 14.4. The molecule has 2 N–H and O–H groups in total. The first-order valence-electron chi connectivity index (χ1n) is 8.01. The molecule has 3 rings (SSSR count). The van der Waals surface area contributed by atoms with Crippen LogP contribution in [0.5, 0.6) is 0 Å². The molecule has 0 saturated carbocycles. The smallest absolute Gasteiger partial charge is 0.230 e. The van der Waals surface area contributed by atoms with Crippen LogP contribution in [0, 0.1) is 11.7 Å². The minimum absolute atomic E-state index is 0.0947. The predicted octanol–water partition coefficient (Wildman–Crippen LogP) is 2.66. The Bertz CT molecular complexity index is 779. The molecule has 0 unspecified atom stereocenters. The van der Waals surface area contributed by atoms with Gasteiger partial charge in [0.05, 0.1) is 5.41 Å². The highest BCUT2D eigenvalue weighted by atomic mass is 32.1. The number of carbonyl (C=O) groups excluding carboxylic acids is 1. The Morgan fingerprint density at radius 1 is 1.48 bits per heavy atom. The summed E-state index contributed by atoms with van der Waals surface area (Å²) in [7, 11) is 0. The van der Waals surface area contributed by atoms with Gasteiger partial charge in [-0.1, -0.05) is 24.3 Å². The van der Waals surface area contributed by atoms with E-state index in [0.717, 1.165) is 25.1 Å². The standard InChI is InChI=1S/C17H22N4OS/c1-12-19-20-16(23)21(12)11-10-18-15(22)17(2)9-5-7-13-6-3-4-8-14(13)17/h3-4,6,8H,5,7,9-11H2,1-2H3,(H,18,22)(H,20,23)/t17-/m0/s1. The average molecular weight is 330 g/mol. The molecule has 0 fully saturated rings. The second-order valence-electron chi connectivity index (χ2n) is 6.33. The summed E-state index contributed by atoms with van der Waals surface area (Å²) in [6.45, 7) is 5.12. The Morgan fingerprint density at radius 3 is 3.00 bits per heavy atom. The Kier molecular flexibility index (Phi) is 4.35. The van der Waals surface area contributed by atoms with Crippen molar-refractivity contribution in [3.8, 4) is 0 Å². The van der Waals surface area contributed by atoms with E-state index in [1.54, 1.807) is 0 Å². The second-order valence-corrected chi connectivity index (χ2v) is 6.71. The van der Waals surface area contributed by atoms with E-state index in [9.17, 15) is 4.79 Å². The van der Waals surface area contributed by atoms with E-state index in [1.165, 1.54) is 11.1 Å². The molecule has 1 aliphatic carbocycles. The molecule has 5 nitrogen and oxygen atoms in total. The van der Waals surface area contributed by atoms with E-state index in [-0.39, 0.29) is 5.91 Å². The molecule has 1 aromatic heterocycles. The third-order valence-corrected chi connectivity index (χ3v) is 5.12. The maximum atomic E-state index is 12.8. The molecule has 1 atom stereocenters. The summed E-state index contributed by atoms with van der Waals surface area (Å²) in [5.74, 6) is 0.927. The van der Waals surface area contributed by atoms with E-state index in [1.807, 2.05) is 23.6 Å². The predicted molar refractivity (Wildman–Crippen MR) is 91.9 cm³/mol. The normalized spacial score (nSPS) is 20.1. The fraction of sp³-hybridized carbons (Fsp3) is 0.471. The van der Waals surface area contributed by atoms with Crippen LogP contribution < -0.4 is 5.32 Å². The van der Waals surface area contributed by atoms with Crippen molar-refractivity contribution < 1.29 is 4.79 Å². The van der Waals surface area contributed by atoms with E-state index >= 15 is 0 Å². The van der Waals surface area contributed by atoms with Gasteiger partial charge in [0.2, 0.25) is 5.91 Å². The van der Waals surface area contributed by atoms with Crippen molar-refractivity contribution in [1.29, 1.82) is 0 Å². The maximum Gasteiger partial charge on any atom is 0.230 e. The van der Waals surface area contributed by atoms with Gasteiger partial charge in [0.25, 0.3) is 0 Å². The fourth-order valence-electron chi connectivity index (χ4n) is 3.42. The number of aromatic amines is 1. The molecule has 0 saturated heterocycles. The maximum absolute atomic E-state index is 12.8. The van der Waals surface area contributed by atoms with Crippen LogP contribution >= 0.6 is 12.2 Å². The summed E-state index contributed by atoms with van der Waals surface area (Å²) < 4.78 is 2.48. The SMILES string of the molecule is Cc1n[nH]c(=S)n1CCNC(=O)[C@@]1(C)CCCc2ccccc21. The van der Waals surface area contributed by atoms with Crippen molar-refractivity contribution in [3.63, 3.8) is 0 Å². The number of rotatable bonds is 4. The number of aryl methyl sites for hydroxylation is 2. The van der Waals surface area contributed by atoms with Gasteiger partial charge in [-0.2, -0.15) is 5.10 Å². The largest absolute Gasteiger partial charge is 0.354 e. The fourth-order valence-corrected chi connectivity index (χ4v) is 3.68. The lowest BCUT2D eigenvalue weighted by molar-refractivity contribution is -0.126. The Labute approximate surface area is 141 Å². The highest BCUT2D eigenvalue weighted by Crippen LogP contribution is 2.37. The zero-order valence-electron chi connectivity index (χ0n) is 13.6. The highest BCUT2D eigenvalue weighted by Gasteiger charge is 2.38. The molecular weight excluding hydrogens is 308 g/mol. The Morgan fingerprint density at radius 2 is 2.26 bits per heavy atom. The topological polar surface area (TPSA) is 62.7 Å². The van der Waals surface area contributed by atoms with Gasteiger partial charge in [-0.25, -0.2) is 0 Å². The molecule has 0 aliphatic heterocycles. The number of carbonyl (C=O) groups is 1. The summed E-state index contributed by atoms with van der Waals surface area (Å²) in [5, 5.41) is 9.92. The molecule has 1 aromatic carbocycles. The third kappa shape index (κ3) is 2.95. The number of fused-ring (bicyclic) bond motifs is 1. The van der Waals surface area contributed by atoms with Crippen molar-refractivity contribution >= 4 is 18.1 Å². The van der Waals surface area contributed by atoms with Gasteiger partial charge in [-0.05, 0) is 56.5 Å². The van der Waals surface area contributed by atoms with Gasteiger partial charge in [0.1, 0.15) is 5.82 Å². The number of benzene rings is 1. The summed E-state index contributed by atoms with van der Waals surface area (Å²) in [5.41, 5.74) is 2.02. The van der Waals surface area contributed by atoms with Crippen molar-refractivity contribution in [3.05, 3.63) is 46.0 Å². The third-order valence-electron chi connectivity index (χ3n) is 4.81. The van der Waals surface area contributed by atoms with E-state index in [2.05, 4.69) is 34.6 Å². The summed E-state index contributed by atoms with van der Waals surface area (Å²) in [6.07, 6.45) is 3.00. The van der Waals surface area contributed by atoms with Crippen LogP contribution in [0.15, 0.2) is 24.3 Å². The first-order valence-corrected chi connectivity index (χ1v) is 8.42. The van der Waals surface area contributed by atoms with Crippen LogP contribution in [0.1, 0.15) is 36.7 Å². The molecule has 23 heavy (non-hydrogen) atoms. The lowest BCUT2D eigenvalue weighted by Crippen LogP contribution is -2.45. The Hall–Kier alpha value is -1.95. The molecule has 6 heteroatoms. The van der Waals surface area contributed by atoms with E-state index in [0.29, 0.717) is 17.9 Å². The molecule has 2 aromatic rings. The number of aromatic nitrogens is 3. The average Bonchev–Trinajstić information content (AvgIpc) is 2.87. The molecule has 0 radical (unpaired) electrons. The summed E-state index contributed by atoms with van der Waals surface area (Å²) in [6, 6.07) is 8.29. The van der Waals surface area contributed by atoms with Crippen LogP contribution in [-0.2, 0) is 23.2 Å². The number of nitrogens with one attached hydrogen (secondary N) is 2. The molecule has 1 amide bonds. The van der Waals surface area contributed by atoms with Crippen molar-refractivity contribution in [2.24, 2.45) is 0 Å². The quantitative estimate of drug-likeness (QED) is 0.847. The van der Waals surface area contributed by atoms with Gasteiger partial charge < -0.3 is 9.88 Å².